The van der Waals surface area contributed by atoms with Crippen LogP contribution in [0.4, 0.5) is 0 Å². The molecular weight excluding hydrogens is 640 g/mol. The summed E-state index contributed by atoms with van der Waals surface area (Å²) in [5, 5.41) is 0. The van der Waals surface area contributed by atoms with Crippen molar-refractivity contribution in [3.63, 3.8) is 0 Å². The number of esters is 6. The highest BCUT2D eigenvalue weighted by Gasteiger charge is 2.22. The molecule has 4 rings (SSSR count). The maximum Gasteiger partial charge on any atom is 0.374 e. The maximum absolute atomic E-state index is 12.3. The van der Waals surface area contributed by atoms with Crippen LogP contribution < -0.4 is 0 Å². The first kappa shape index (κ1) is 34.8. The van der Waals surface area contributed by atoms with Crippen LogP contribution in [0.15, 0.2) is 66.2 Å². The van der Waals surface area contributed by atoms with Crippen LogP contribution in [0.3, 0.4) is 0 Å². The minimum Gasteiger partial charge on any atom is -0.457 e. The molecule has 0 aromatic carbocycles. The zero-order valence-corrected chi connectivity index (χ0v) is 26.1. The van der Waals surface area contributed by atoms with Crippen molar-refractivity contribution in [3.8, 4) is 11.5 Å². The minimum absolute atomic E-state index is 0.0982. The summed E-state index contributed by atoms with van der Waals surface area (Å²) in [7, 11) is 0. The summed E-state index contributed by atoms with van der Waals surface area (Å²) < 4.78 is 51.2. The van der Waals surface area contributed by atoms with E-state index in [4.69, 9.17) is 46.1 Å². The van der Waals surface area contributed by atoms with Gasteiger partial charge < -0.3 is 46.1 Å². The molecule has 0 N–H and O–H groups in total. The van der Waals surface area contributed by atoms with Gasteiger partial charge >= 0.3 is 35.8 Å². The van der Waals surface area contributed by atoms with Crippen molar-refractivity contribution < 1.29 is 74.9 Å². The molecule has 0 radical (unpaired) electrons. The van der Waals surface area contributed by atoms with E-state index in [1.54, 1.807) is 27.7 Å². The van der Waals surface area contributed by atoms with Gasteiger partial charge in [-0.3, -0.25) is 0 Å². The van der Waals surface area contributed by atoms with Gasteiger partial charge in [-0.25, -0.2) is 28.8 Å². The van der Waals surface area contributed by atoms with Crippen molar-refractivity contribution in [2.45, 2.75) is 39.9 Å². The van der Waals surface area contributed by atoms with E-state index >= 15 is 0 Å². The molecule has 4 aromatic heterocycles. The van der Waals surface area contributed by atoms with Crippen molar-refractivity contribution in [3.05, 3.63) is 83.1 Å². The van der Waals surface area contributed by atoms with Crippen molar-refractivity contribution >= 4 is 35.8 Å². The third kappa shape index (κ3) is 9.48. The fraction of sp³-hybridized carbons (Fsp3) is 0.312. The molecule has 0 amide bonds. The molecule has 4 heterocycles. The van der Waals surface area contributed by atoms with Crippen LogP contribution in [0.25, 0.3) is 11.5 Å². The molecule has 0 spiro atoms. The summed E-state index contributed by atoms with van der Waals surface area (Å²) >= 11 is 0. The predicted molar refractivity (Wildman–Crippen MR) is 156 cm³/mol. The lowest BCUT2D eigenvalue weighted by Crippen LogP contribution is -2.14. The van der Waals surface area contributed by atoms with E-state index in [-0.39, 0.29) is 84.7 Å². The van der Waals surface area contributed by atoms with Gasteiger partial charge in [0.2, 0.25) is 34.6 Å². The van der Waals surface area contributed by atoms with Crippen LogP contribution in [0.2, 0.25) is 0 Å². The van der Waals surface area contributed by atoms with Gasteiger partial charge in [-0.15, -0.1) is 0 Å². The van der Waals surface area contributed by atoms with Crippen molar-refractivity contribution in [2.75, 3.05) is 26.4 Å². The first-order valence-electron chi connectivity index (χ1n) is 14.4. The van der Waals surface area contributed by atoms with Crippen molar-refractivity contribution in [1.29, 1.82) is 0 Å². The Labute approximate surface area is 271 Å². The minimum atomic E-state index is -0.877. The molecule has 0 atom stereocenters. The summed E-state index contributed by atoms with van der Waals surface area (Å²) in [4.78, 5) is 72.6. The molecule has 0 unspecified atom stereocenters. The average Bonchev–Trinajstić information content (AvgIpc) is 3.86. The highest BCUT2D eigenvalue weighted by atomic mass is 16.6. The highest BCUT2D eigenvalue weighted by molar-refractivity contribution is 5.92. The first-order valence-corrected chi connectivity index (χ1v) is 14.4. The second-order valence-corrected chi connectivity index (χ2v) is 10.1. The van der Waals surface area contributed by atoms with Gasteiger partial charge in [0.15, 0.2) is 11.5 Å². The zero-order chi connectivity index (χ0) is 34.8. The van der Waals surface area contributed by atoms with Crippen molar-refractivity contribution in [1.82, 2.24) is 0 Å². The maximum atomic E-state index is 12.3. The van der Waals surface area contributed by atoms with Crippen LogP contribution in [-0.4, -0.2) is 74.5 Å². The third-order valence-corrected chi connectivity index (χ3v) is 5.66. The molecule has 0 aliphatic rings. The Hall–Kier alpha value is -6.06. The molecule has 0 saturated carbocycles. The van der Waals surface area contributed by atoms with E-state index in [0.29, 0.717) is 0 Å². The number of furan rings is 4. The molecule has 0 aliphatic carbocycles. The second-order valence-electron chi connectivity index (χ2n) is 10.1. The van der Waals surface area contributed by atoms with Crippen molar-refractivity contribution in [2.24, 2.45) is 0 Å². The van der Waals surface area contributed by atoms with Crippen LogP contribution in [0.5, 0.6) is 0 Å². The number of carbonyl (C=O) groups excluding carboxylic acids is 6. The molecule has 254 valence electrons. The lowest BCUT2D eigenvalue weighted by Gasteiger charge is -2.05. The van der Waals surface area contributed by atoms with Crippen LogP contribution >= 0.6 is 0 Å². The number of hydrogen-bond donors (Lipinski definition) is 0. The molecule has 0 fully saturated rings. The summed E-state index contributed by atoms with van der Waals surface area (Å²) in [6.07, 6.45) is -0.737. The Kier molecular flexibility index (Phi) is 11.6. The van der Waals surface area contributed by atoms with Gasteiger partial charge in [0.05, 0.1) is 12.2 Å². The average molecular weight is 671 g/mol. The third-order valence-electron chi connectivity index (χ3n) is 5.66. The van der Waals surface area contributed by atoms with Gasteiger partial charge in [0.1, 0.15) is 26.4 Å². The molecule has 16 heteroatoms. The number of rotatable bonds is 15. The van der Waals surface area contributed by atoms with E-state index in [1.807, 2.05) is 0 Å². The largest absolute Gasteiger partial charge is 0.457 e. The quantitative estimate of drug-likeness (QED) is 0.0936. The molecule has 0 aliphatic heterocycles. The summed E-state index contributed by atoms with van der Waals surface area (Å²) in [6, 6.07) is 10.5. The van der Waals surface area contributed by atoms with Crippen LogP contribution in [0, 0.1) is 0 Å². The SMILES string of the molecule is CC(C)OC(=O)c1ccc(C(=O)OCCOC(=O)c2ccc(-c3ccc(C(=O)OCCOC(=O)c4ccc(C(=O)OC(C)C)o4)o3)o2)o1. The van der Waals surface area contributed by atoms with Crippen LogP contribution in [-0.2, 0) is 28.4 Å². The zero-order valence-electron chi connectivity index (χ0n) is 26.1. The lowest BCUT2D eigenvalue weighted by atomic mass is 10.3. The highest BCUT2D eigenvalue weighted by Crippen LogP contribution is 2.25. The number of carbonyl (C=O) groups is 6. The lowest BCUT2D eigenvalue weighted by molar-refractivity contribution is 0.0220. The summed E-state index contributed by atoms with van der Waals surface area (Å²) in [5.74, 6) is -5.93. The fourth-order valence-electron chi connectivity index (χ4n) is 3.64. The Bertz CT molecular complexity index is 1630. The van der Waals surface area contributed by atoms with Gasteiger partial charge in [0, 0.05) is 0 Å². The smallest absolute Gasteiger partial charge is 0.374 e. The number of hydrogen-bond acceptors (Lipinski definition) is 16. The van der Waals surface area contributed by atoms with Gasteiger partial charge in [-0.1, -0.05) is 0 Å². The Morgan fingerprint density at radius 2 is 0.667 bits per heavy atom. The molecule has 0 saturated heterocycles. The Balaban J connectivity index is 1.17. The van der Waals surface area contributed by atoms with Crippen LogP contribution in [0.1, 0.15) is 91.0 Å². The molecule has 0 bridgehead atoms. The van der Waals surface area contributed by atoms with E-state index in [0.717, 1.165) is 0 Å². The molecule has 16 nitrogen and oxygen atoms in total. The van der Waals surface area contributed by atoms with Gasteiger partial charge in [-0.2, -0.15) is 0 Å². The predicted octanol–water partition coefficient (Wildman–Crippen LogP) is 4.88. The Morgan fingerprint density at radius 1 is 0.417 bits per heavy atom. The topological polar surface area (TPSA) is 210 Å². The van der Waals surface area contributed by atoms with E-state index in [1.165, 1.54) is 48.5 Å². The molecule has 48 heavy (non-hydrogen) atoms. The second kappa shape index (κ2) is 16.0. The fourth-order valence-corrected chi connectivity index (χ4v) is 3.64. The standard InChI is InChI=1S/C32H30O16/c1-17(2)43-31(37)25-11-9-23(47-25)29(35)41-15-13-39-27(33)21-7-5-19(45-21)20-6-8-22(46-20)28(34)40-14-16-42-30(36)24-10-12-26(48-24)32(38)44-18(3)4/h5-12,17-18H,13-16H2,1-4H3. The Morgan fingerprint density at radius 3 is 0.958 bits per heavy atom. The summed E-state index contributed by atoms with van der Waals surface area (Å²) in [5.41, 5.74) is 0. The van der Waals surface area contributed by atoms with Gasteiger partial charge in [0.25, 0.3) is 0 Å². The normalized spacial score (nSPS) is 10.9. The monoisotopic (exact) mass is 670 g/mol. The van der Waals surface area contributed by atoms with E-state index in [2.05, 4.69) is 0 Å². The van der Waals surface area contributed by atoms with Gasteiger partial charge in [-0.05, 0) is 76.2 Å². The van der Waals surface area contributed by atoms with E-state index < -0.39 is 35.8 Å². The molecular formula is C32H30O16. The van der Waals surface area contributed by atoms with E-state index in [9.17, 15) is 28.8 Å². The molecule has 4 aromatic rings. The first-order chi connectivity index (χ1) is 22.9. The summed E-state index contributed by atoms with van der Waals surface area (Å²) in [6.45, 7) is 5.40. The number of ether oxygens (including phenoxy) is 6.